The number of thiophene rings is 1. The van der Waals surface area contributed by atoms with E-state index in [9.17, 15) is 4.79 Å². The molecule has 0 spiro atoms. The minimum absolute atomic E-state index is 0.0904. The first kappa shape index (κ1) is 13.1. The SMILES string of the molecule is CN(CC(=O)c1coc2ccccc12)Cc1ccsc1. The van der Waals surface area contributed by atoms with Gasteiger partial charge in [-0.15, -0.1) is 0 Å². The Labute approximate surface area is 121 Å². The van der Waals surface area contributed by atoms with Crippen LogP contribution in [-0.2, 0) is 6.54 Å². The topological polar surface area (TPSA) is 33.5 Å². The summed E-state index contributed by atoms with van der Waals surface area (Å²) in [7, 11) is 1.96. The van der Waals surface area contributed by atoms with Gasteiger partial charge in [0.15, 0.2) is 5.78 Å². The molecule has 0 aliphatic heterocycles. The molecule has 4 heteroatoms. The van der Waals surface area contributed by atoms with Gasteiger partial charge in [0.25, 0.3) is 0 Å². The Morgan fingerprint density at radius 1 is 1.30 bits per heavy atom. The molecule has 0 aliphatic rings. The fourth-order valence-electron chi connectivity index (χ4n) is 2.27. The van der Waals surface area contributed by atoms with Crippen molar-refractivity contribution in [2.75, 3.05) is 13.6 Å². The van der Waals surface area contributed by atoms with Gasteiger partial charge in [-0.1, -0.05) is 18.2 Å². The zero-order chi connectivity index (χ0) is 13.9. The molecule has 0 saturated heterocycles. The number of benzene rings is 1. The van der Waals surface area contributed by atoms with Gasteiger partial charge in [0.1, 0.15) is 11.8 Å². The molecule has 1 aromatic carbocycles. The van der Waals surface area contributed by atoms with Crippen LogP contribution in [0.15, 0.2) is 51.8 Å². The van der Waals surface area contributed by atoms with Crippen LogP contribution in [0, 0.1) is 0 Å². The second kappa shape index (κ2) is 5.61. The predicted molar refractivity (Wildman–Crippen MR) is 81.2 cm³/mol. The third-order valence-electron chi connectivity index (χ3n) is 3.23. The zero-order valence-corrected chi connectivity index (χ0v) is 12.0. The van der Waals surface area contributed by atoms with Crippen LogP contribution in [0.4, 0.5) is 0 Å². The van der Waals surface area contributed by atoms with Gasteiger partial charge in [-0.25, -0.2) is 0 Å². The van der Waals surface area contributed by atoms with Crippen LogP contribution in [0.5, 0.6) is 0 Å². The first-order valence-corrected chi connectivity index (χ1v) is 7.37. The Morgan fingerprint density at radius 3 is 2.95 bits per heavy atom. The number of carbonyl (C=O) groups is 1. The second-order valence-electron chi connectivity index (χ2n) is 4.87. The molecule has 102 valence electrons. The van der Waals surface area contributed by atoms with E-state index in [0.29, 0.717) is 12.1 Å². The summed E-state index contributed by atoms with van der Waals surface area (Å²) in [6.07, 6.45) is 1.56. The molecule has 3 aromatic rings. The number of carbonyl (C=O) groups excluding carboxylic acids is 1. The molecule has 0 amide bonds. The average Bonchev–Trinajstić information content (AvgIpc) is 3.07. The number of furan rings is 1. The van der Waals surface area contributed by atoms with Gasteiger partial charge in [0, 0.05) is 11.9 Å². The standard InChI is InChI=1S/C16H15NO2S/c1-17(8-12-6-7-20-11-12)9-15(18)14-10-19-16-5-3-2-4-13(14)16/h2-7,10-11H,8-9H2,1H3. The lowest BCUT2D eigenvalue weighted by Crippen LogP contribution is -2.25. The molecule has 0 bridgehead atoms. The number of fused-ring (bicyclic) bond motifs is 1. The summed E-state index contributed by atoms with van der Waals surface area (Å²) < 4.78 is 5.42. The second-order valence-corrected chi connectivity index (χ2v) is 5.65. The van der Waals surface area contributed by atoms with Crippen LogP contribution in [-0.4, -0.2) is 24.3 Å². The molecule has 2 heterocycles. The number of Topliss-reactive ketones (excluding diaryl/α,β-unsaturated/α-hetero) is 1. The summed E-state index contributed by atoms with van der Waals surface area (Å²) in [6, 6.07) is 9.71. The van der Waals surface area contributed by atoms with E-state index in [1.807, 2.05) is 36.2 Å². The Hall–Kier alpha value is -1.91. The number of rotatable bonds is 5. The molecular formula is C16H15NO2S. The highest BCUT2D eigenvalue weighted by Crippen LogP contribution is 2.21. The maximum atomic E-state index is 12.4. The van der Waals surface area contributed by atoms with Crippen LogP contribution >= 0.6 is 11.3 Å². The number of ketones is 1. The molecule has 0 aliphatic carbocycles. The van der Waals surface area contributed by atoms with Gasteiger partial charge in [0.2, 0.25) is 0 Å². The number of likely N-dealkylation sites (N-methyl/N-ethyl adjacent to an activating group) is 1. The van der Waals surface area contributed by atoms with Gasteiger partial charge < -0.3 is 4.42 Å². The molecule has 0 atom stereocenters. The van der Waals surface area contributed by atoms with Crippen LogP contribution in [0.25, 0.3) is 11.0 Å². The summed E-state index contributed by atoms with van der Waals surface area (Å²) in [5.41, 5.74) is 2.66. The van der Waals surface area contributed by atoms with Crippen molar-refractivity contribution in [1.29, 1.82) is 0 Å². The molecule has 0 N–H and O–H groups in total. The van der Waals surface area contributed by atoms with Crippen molar-refractivity contribution in [3.05, 3.63) is 58.5 Å². The van der Waals surface area contributed by atoms with Crippen molar-refractivity contribution in [1.82, 2.24) is 4.90 Å². The van der Waals surface area contributed by atoms with Crippen molar-refractivity contribution < 1.29 is 9.21 Å². The van der Waals surface area contributed by atoms with E-state index in [0.717, 1.165) is 17.5 Å². The summed E-state index contributed by atoms with van der Waals surface area (Å²) in [5, 5.41) is 5.05. The van der Waals surface area contributed by atoms with E-state index in [4.69, 9.17) is 4.42 Å². The highest BCUT2D eigenvalue weighted by molar-refractivity contribution is 7.07. The molecule has 0 saturated carbocycles. The van der Waals surface area contributed by atoms with Crippen LogP contribution in [0.2, 0.25) is 0 Å². The van der Waals surface area contributed by atoms with Crippen LogP contribution in [0.3, 0.4) is 0 Å². The molecule has 3 rings (SSSR count). The lowest BCUT2D eigenvalue weighted by atomic mass is 10.1. The Bertz CT molecular complexity index is 715. The fourth-order valence-corrected chi connectivity index (χ4v) is 2.93. The zero-order valence-electron chi connectivity index (χ0n) is 11.2. The summed E-state index contributed by atoms with van der Waals surface area (Å²) in [4.78, 5) is 14.4. The maximum Gasteiger partial charge on any atom is 0.180 e. The van der Waals surface area contributed by atoms with Crippen molar-refractivity contribution >= 4 is 28.1 Å². The van der Waals surface area contributed by atoms with Gasteiger partial charge in [-0.05, 0) is 35.5 Å². The molecule has 2 aromatic heterocycles. The van der Waals surface area contributed by atoms with Gasteiger partial charge >= 0.3 is 0 Å². The number of para-hydroxylation sites is 1. The summed E-state index contributed by atoms with van der Waals surface area (Å²) in [6.45, 7) is 1.17. The number of nitrogens with zero attached hydrogens (tertiary/aromatic N) is 1. The largest absolute Gasteiger partial charge is 0.464 e. The van der Waals surface area contributed by atoms with Crippen molar-refractivity contribution in [2.24, 2.45) is 0 Å². The van der Waals surface area contributed by atoms with E-state index in [-0.39, 0.29) is 5.78 Å². The van der Waals surface area contributed by atoms with Crippen molar-refractivity contribution in [3.63, 3.8) is 0 Å². The van der Waals surface area contributed by atoms with E-state index in [1.54, 1.807) is 17.6 Å². The van der Waals surface area contributed by atoms with Gasteiger partial charge in [0.05, 0.1) is 12.1 Å². The van der Waals surface area contributed by atoms with E-state index in [1.165, 1.54) is 5.56 Å². The van der Waals surface area contributed by atoms with Crippen molar-refractivity contribution in [2.45, 2.75) is 6.54 Å². The number of hydrogen-bond acceptors (Lipinski definition) is 4. The molecule has 0 fully saturated rings. The maximum absolute atomic E-state index is 12.4. The first-order valence-electron chi connectivity index (χ1n) is 6.43. The number of hydrogen-bond donors (Lipinski definition) is 0. The molecule has 0 radical (unpaired) electrons. The van der Waals surface area contributed by atoms with E-state index in [2.05, 4.69) is 16.8 Å². The monoisotopic (exact) mass is 285 g/mol. The quantitative estimate of drug-likeness (QED) is 0.668. The van der Waals surface area contributed by atoms with E-state index >= 15 is 0 Å². The minimum atomic E-state index is 0.0904. The fraction of sp³-hybridized carbons (Fsp3) is 0.188. The smallest absolute Gasteiger partial charge is 0.180 e. The molecular weight excluding hydrogens is 270 g/mol. The Morgan fingerprint density at radius 2 is 2.15 bits per heavy atom. The lowest BCUT2D eigenvalue weighted by Gasteiger charge is -2.14. The highest BCUT2D eigenvalue weighted by Gasteiger charge is 2.15. The summed E-state index contributed by atoms with van der Waals surface area (Å²) in [5.74, 6) is 0.0904. The van der Waals surface area contributed by atoms with Crippen LogP contribution in [0.1, 0.15) is 15.9 Å². The summed E-state index contributed by atoms with van der Waals surface area (Å²) >= 11 is 1.67. The van der Waals surface area contributed by atoms with E-state index < -0.39 is 0 Å². The highest BCUT2D eigenvalue weighted by atomic mass is 32.1. The van der Waals surface area contributed by atoms with Crippen LogP contribution < -0.4 is 0 Å². The normalized spacial score (nSPS) is 11.3. The third kappa shape index (κ3) is 2.66. The Kier molecular flexibility index (Phi) is 3.67. The third-order valence-corrected chi connectivity index (χ3v) is 3.96. The van der Waals surface area contributed by atoms with Gasteiger partial charge in [-0.3, -0.25) is 9.69 Å². The predicted octanol–water partition coefficient (Wildman–Crippen LogP) is 3.81. The molecule has 3 nitrogen and oxygen atoms in total. The molecule has 0 unspecified atom stereocenters. The van der Waals surface area contributed by atoms with Crippen molar-refractivity contribution in [3.8, 4) is 0 Å². The molecule has 20 heavy (non-hydrogen) atoms. The van der Waals surface area contributed by atoms with Gasteiger partial charge in [-0.2, -0.15) is 11.3 Å². The average molecular weight is 285 g/mol. The first-order chi connectivity index (χ1) is 9.74. The minimum Gasteiger partial charge on any atom is -0.464 e. The lowest BCUT2D eigenvalue weighted by molar-refractivity contribution is 0.0944. The Balaban J connectivity index is 1.73.